The second kappa shape index (κ2) is 4.70. The summed E-state index contributed by atoms with van der Waals surface area (Å²) < 4.78 is 35.2. The molecule has 0 unspecified atom stereocenters. The Balaban J connectivity index is 3.51. The fourth-order valence-electron chi connectivity index (χ4n) is 0.883. The molecule has 4 heteroatoms. The van der Waals surface area contributed by atoms with Crippen LogP contribution in [-0.4, -0.2) is 17.4 Å². The summed E-state index contributed by atoms with van der Waals surface area (Å²) >= 11 is 0. The third-order valence-electron chi connectivity index (χ3n) is 1.64. The molecule has 0 radical (unpaired) electrons. The zero-order chi connectivity index (χ0) is 9.78. The van der Waals surface area contributed by atoms with Gasteiger partial charge in [-0.1, -0.05) is 26.7 Å². The van der Waals surface area contributed by atoms with Crippen molar-refractivity contribution in [1.29, 1.82) is 0 Å². The second-order valence-corrected chi connectivity index (χ2v) is 3.38. The molecule has 0 rings (SSSR count). The molecule has 0 heterocycles. The largest absolute Gasteiger partial charge is 0.414 e. The summed E-state index contributed by atoms with van der Waals surface area (Å²) in [6.45, 7) is 3.89. The Morgan fingerprint density at radius 3 is 2.00 bits per heavy atom. The van der Waals surface area contributed by atoms with Crippen molar-refractivity contribution in [3.63, 3.8) is 0 Å². The number of hydrogen-bond donors (Lipinski definition) is 1. The van der Waals surface area contributed by atoms with E-state index in [0.29, 0.717) is 12.3 Å². The first-order chi connectivity index (χ1) is 5.34. The third-order valence-corrected chi connectivity index (χ3v) is 1.64. The average Bonchev–Trinajstić information content (AvgIpc) is 1.84. The minimum Gasteiger partial charge on any atom is -0.384 e. The average molecular weight is 184 g/mol. The highest BCUT2D eigenvalue weighted by molar-refractivity contribution is 4.65. The molecule has 0 aliphatic heterocycles. The van der Waals surface area contributed by atoms with Gasteiger partial charge < -0.3 is 5.11 Å². The van der Waals surface area contributed by atoms with Crippen molar-refractivity contribution in [2.45, 2.75) is 45.4 Å². The molecule has 0 aromatic heterocycles. The summed E-state index contributed by atoms with van der Waals surface area (Å²) in [7, 11) is 0. The first-order valence-electron chi connectivity index (χ1n) is 4.09. The maximum absolute atomic E-state index is 11.7. The minimum absolute atomic E-state index is 0.179. The lowest BCUT2D eigenvalue weighted by molar-refractivity contribution is -0.205. The van der Waals surface area contributed by atoms with Crippen LogP contribution in [0.3, 0.4) is 0 Å². The smallest absolute Gasteiger partial charge is 0.384 e. The Bertz CT molecular complexity index is 120. The molecule has 1 N–H and O–H groups in total. The Morgan fingerprint density at radius 2 is 1.67 bits per heavy atom. The van der Waals surface area contributed by atoms with E-state index in [2.05, 4.69) is 0 Å². The van der Waals surface area contributed by atoms with Crippen LogP contribution < -0.4 is 0 Å². The van der Waals surface area contributed by atoms with Gasteiger partial charge in [0.15, 0.2) is 0 Å². The van der Waals surface area contributed by atoms with E-state index in [1.54, 1.807) is 0 Å². The maximum Gasteiger partial charge on any atom is 0.414 e. The van der Waals surface area contributed by atoms with Gasteiger partial charge in [-0.25, -0.2) is 0 Å². The summed E-state index contributed by atoms with van der Waals surface area (Å²) in [6, 6.07) is 0. The Labute approximate surface area is 70.6 Å². The summed E-state index contributed by atoms with van der Waals surface area (Å²) in [6.07, 6.45) is -5.61. The highest BCUT2D eigenvalue weighted by Crippen LogP contribution is 2.24. The van der Waals surface area contributed by atoms with Gasteiger partial charge >= 0.3 is 6.18 Å². The molecular formula is C8H15F3O. The van der Waals surface area contributed by atoms with E-state index in [9.17, 15) is 13.2 Å². The van der Waals surface area contributed by atoms with Gasteiger partial charge in [-0.15, -0.1) is 0 Å². The Morgan fingerprint density at radius 1 is 1.17 bits per heavy atom. The first kappa shape index (κ1) is 11.8. The molecule has 0 fully saturated rings. The summed E-state index contributed by atoms with van der Waals surface area (Å²) in [5.41, 5.74) is 0. The topological polar surface area (TPSA) is 20.2 Å². The van der Waals surface area contributed by atoms with Crippen molar-refractivity contribution in [3.05, 3.63) is 0 Å². The van der Waals surface area contributed by atoms with Gasteiger partial charge in [0.25, 0.3) is 0 Å². The van der Waals surface area contributed by atoms with Crippen molar-refractivity contribution in [1.82, 2.24) is 0 Å². The SMILES string of the molecule is CC(C)CCC[C@@H](O)C(F)(F)F. The molecule has 0 aromatic rings. The number of alkyl halides is 3. The normalized spacial score (nSPS) is 15.2. The van der Waals surface area contributed by atoms with E-state index in [1.165, 1.54) is 0 Å². The van der Waals surface area contributed by atoms with Crippen molar-refractivity contribution in [2.24, 2.45) is 5.92 Å². The summed E-state index contributed by atoms with van der Waals surface area (Å²) in [4.78, 5) is 0. The molecular weight excluding hydrogens is 169 g/mol. The van der Waals surface area contributed by atoms with Gasteiger partial charge in [-0.3, -0.25) is 0 Å². The van der Waals surface area contributed by atoms with E-state index < -0.39 is 12.3 Å². The predicted octanol–water partition coefficient (Wildman–Crippen LogP) is 2.74. The molecule has 0 saturated heterocycles. The highest BCUT2D eigenvalue weighted by Gasteiger charge is 2.37. The van der Waals surface area contributed by atoms with E-state index in [1.807, 2.05) is 13.8 Å². The summed E-state index contributed by atoms with van der Waals surface area (Å²) in [5.74, 6) is 0.394. The van der Waals surface area contributed by atoms with Gasteiger partial charge in [-0.2, -0.15) is 13.2 Å². The predicted molar refractivity (Wildman–Crippen MR) is 40.8 cm³/mol. The number of aliphatic hydroxyl groups is 1. The van der Waals surface area contributed by atoms with E-state index in [0.717, 1.165) is 6.42 Å². The molecule has 0 amide bonds. The molecule has 0 saturated carbocycles. The van der Waals surface area contributed by atoms with Crippen LogP contribution in [0.1, 0.15) is 33.1 Å². The van der Waals surface area contributed by atoms with Gasteiger partial charge in [0.1, 0.15) is 6.10 Å². The van der Waals surface area contributed by atoms with E-state index in [4.69, 9.17) is 5.11 Å². The number of halogens is 3. The van der Waals surface area contributed by atoms with Crippen LogP contribution in [0.5, 0.6) is 0 Å². The zero-order valence-electron chi connectivity index (χ0n) is 7.36. The monoisotopic (exact) mass is 184 g/mol. The van der Waals surface area contributed by atoms with Gasteiger partial charge in [0.05, 0.1) is 0 Å². The minimum atomic E-state index is -4.45. The van der Waals surface area contributed by atoms with Crippen molar-refractivity contribution >= 4 is 0 Å². The molecule has 1 nitrogen and oxygen atoms in total. The molecule has 12 heavy (non-hydrogen) atoms. The molecule has 0 bridgehead atoms. The fourth-order valence-corrected chi connectivity index (χ4v) is 0.883. The van der Waals surface area contributed by atoms with E-state index >= 15 is 0 Å². The van der Waals surface area contributed by atoms with Gasteiger partial charge in [0.2, 0.25) is 0 Å². The fraction of sp³-hybridized carbons (Fsp3) is 1.00. The third kappa shape index (κ3) is 5.41. The molecule has 0 aliphatic carbocycles. The highest BCUT2D eigenvalue weighted by atomic mass is 19.4. The molecule has 0 aromatic carbocycles. The lowest BCUT2D eigenvalue weighted by atomic mass is 10.0. The lowest BCUT2D eigenvalue weighted by Crippen LogP contribution is -2.28. The van der Waals surface area contributed by atoms with Crippen LogP contribution in [0.4, 0.5) is 13.2 Å². The first-order valence-corrected chi connectivity index (χ1v) is 4.09. The zero-order valence-corrected chi connectivity index (χ0v) is 7.36. The number of hydrogen-bond acceptors (Lipinski definition) is 1. The van der Waals surface area contributed by atoms with Crippen LogP contribution >= 0.6 is 0 Å². The van der Waals surface area contributed by atoms with Gasteiger partial charge in [0, 0.05) is 0 Å². The van der Waals surface area contributed by atoms with Crippen LogP contribution in [0, 0.1) is 5.92 Å². The Kier molecular flexibility index (Phi) is 4.60. The van der Waals surface area contributed by atoms with Gasteiger partial charge in [-0.05, 0) is 12.3 Å². The van der Waals surface area contributed by atoms with Crippen molar-refractivity contribution in [2.75, 3.05) is 0 Å². The number of rotatable bonds is 4. The maximum atomic E-state index is 11.7. The lowest BCUT2D eigenvalue weighted by Gasteiger charge is -2.14. The number of aliphatic hydroxyl groups excluding tert-OH is 1. The van der Waals surface area contributed by atoms with Crippen LogP contribution in [-0.2, 0) is 0 Å². The van der Waals surface area contributed by atoms with Crippen LogP contribution in [0.25, 0.3) is 0 Å². The van der Waals surface area contributed by atoms with Crippen molar-refractivity contribution < 1.29 is 18.3 Å². The molecule has 0 aliphatic rings. The quantitative estimate of drug-likeness (QED) is 0.712. The Hall–Kier alpha value is -0.250. The summed E-state index contributed by atoms with van der Waals surface area (Å²) in [5, 5.41) is 8.57. The molecule has 0 spiro atoms. The second-order valence-electron chi connectivity index (χ2n) is 3.38. The molecule has 1 atom stereocenters. The van der Waals surface area contributed by atoms with Crippen LogP contribution in [0.15, 0.2) is 0 Å². The standard InChI is InChI=1S/C8H15F3O/c1-6(2)4-3-5-7(12)8(9,10)11/h6-7,12H,3-5H2,1-2H3/t7-/m1/s1. The van der Waals surface area contributed by atoms with E-state index in [-0.39, 0.29) is 6.42 Å². The van der Waals surface area contributed by atoms with Crippen molar-refractivity contribution in [3.8, 4) is 0 Å². The van der Waals surface area contributed by atoms with Crippen LogP contribution in [0.2, 0.25) is 0 Å². The molecule has 74 valence electrons.